The van der Waals surface area contributed by atoms with E-state index < -0.39 is 21.6 Å². The smallest absolute Gasteiger partial charge is 0.244 e. The van der Waals surface area contributed by atoms with Gasteiger partial charge in [-0.1, -0.05) is 24.6 Å². The molecule has 0 bridgehead atoms. The SMILES string of the molecule is CS(=O)(=O)c1ccc(C2=C(c3ccc(C(F)(F)F)cc3)CC3(CCC3)C2)cn1. The quantitative estimate of drug-likeness (QED) is 0.686. The molecule has 28 heavy (non-hydrogen) atoms. The molecule has 0 N–H and O–H groups in total. The van der Waals surface area contributed by atoms with Crippen molar-refractivity contribution in [1.82, 2.24) is 4.98 Å². The maximum Gasteiger partial charge on any atom is 0.416 e. The topological polar surface area (TPSA) is 47.0 Å². The van der Waals surface area contributed by atoms with Gasteiger partial charge in [0.15, 0.2) is 14.9 Å². The Kier molecular flexibility index (Phi) is 4.41. The summed E-state index contributed by atoms with van der Waals surface area (Å²) in [7, 11) is -3.38. The fraction of sp³-hybridized carbons (Fsp3) is 0.381. The maximum atomic E-state index is 12.9. The Morgan fingerprint density at radius 2 is 1.50 bits per heavy atom. The van der Waals surface area contributed by atoms with E-state index in [-0.39, 0.29) is 10.4 Å². The van der Waals surface area contributed by atoms with Gasteiger partial charge in [0.25, 0.3) is 0 Å². The Labute approximate surface area is 162 Å². The summed E-state index contributed by atoms with van der Waals surface area (Å²) in [5.41, 5.74) is 3.26. The zero-order valence-corrected chi connectivity index (χ0v) is 16.2. The number of sulfone groups is 1. The molecule has 1 saturated carbocycles. The highest BCUT2D eigenvalue weighted by Crippen LogP contribution is 2.59. The van der Waals surface area contributed by atoms with Crippen LogP contribution in [0.5, 0.6) is 0 Å². The normalized spacial score (nSPS) is 19.1. The first kappa shape index (κ1) is 19.2. The van der Waals surface area contributed by atoms with Crippen LogP contribution in [-0.2, 0) is 16.0 Å². The van der Waals surface area contributed by atoms with Crippen molar-refractivity contribution in [1.29, 1.82) is 0 Å². The summed E-state index contributed by atoms with van der Waals surface area (Å²) in [4.78, 5) is 4.09. The summed E-state index contributed by atoms with van der Waals surface area (Å²) in [6, 6.07) is 8.56. The third kappa shape index (κ3) is 3.48. The Morgan fingerprint density at radius 1 is 0.929 bits per heavy atom. The van der Waals surface area contributed by atoms with E-state index in [1.54, 1.807) is 12.3 Å². The maximum absolute atomic E-state index is 12.9. The number of hydrogen-bond donors (Lipinski definition) is 0. The highest BCUT2D eigenvalue weighted by atomic mass is 32.2. The van der Waals surface area contributed by atoms with Crippen molar-refractivity contribution in [3.8, 4) is 0 Å². The molecule has 2 aromatic rings. The molecule has 0 aliphatic heterocycles. The van der Waals surface area contributed by atoms with Crippen molar-refractivity contribution < 1.29 is 21.6 Å². The highest BCUT2D eigenvalue weighted by molar-refractivity contribution is 7.90. The molecular weight excluding hydrogens is 387 g/mol. The molecule has 0 amide bonds. The molecule has 1 fully saturated rings. The largest absolute Gasteiger partial charge is 0.416 e. The zero-order chi connectivity index (χ0) is 20.2. The molecule has 1 spiro atoms. The van der Waals surface area contributed by atoms with Crippen LogP contribution in [0, 0.1) is 5.41 Å². The molecule has 148 valence electrons. The van der Waals surface area contributed by atoms with E-state index in [0.29, 0.717) is 0 Å². The minimum atomic E-state index is -4.36. The molecule has 1 aromatic heterocycles. The molecule has 2 aliphatic carbocycles. The summed E-state index contributed by atoms with van der Waals surface area (Å²) >= 11 is 0. The van der Waals surface area contributed by atoms with Gasteiger partial charge in [-0.2, -0.15) is 13.2 Å². The molecular formula is C21H20F3NO2S. The Balaban J connectivity index is 1.74. The van der Waals surface area contributed by atoms with Crippen LogP contribution < -0.4 is 0 Å². The molecule has 2 aliphatic rings. The van der Waals surface area contributed by atoms with E-state index in [0.717, 1.165) is 66.3 Å². The predicted molar refractivity (Wildman–Crippen MR) is 101 cm³/mol. The van der Waals surface area contributed by atoms with Gasteiger partial charge in [0.2, 0.25) is 0 Å². The number of nitrogens with zero attached hydrogens (tertiary/aromatic N) is 1. The monoisotopic (exact) mass is 407 g/mol. The number of rotatable bonds is 3. The van der Waals surface area contributed by atoms with Gasteiger partial charge in [-0.25, -0.2) is 13.4 Å². The van der Waals surface area contributed by atoms with Gasteiger partial charge in [-0.05, 0) is 71.6 Å². The van der Waals surface area contributed by atoms with E-state index in [1.165, 1.54) is 24.6 Å². The number of pyridine rings is 1. The molecule has 3 nitrogen and oxygen atoms in total. The number of allylic oxidation sites excluding steroid dienone is 2. The number of benzene rings is 1. The second kappa shape index (κ2) is 6.44. The second-order valence-electron chi connectivity index (χ2n) is 7.90. The van der Waals surface area contributed by atoms with Crippen LogP contribution in [-0.4, -0.2) is 19.7 Å². The Hall–Kier alpha value is -2.15. The Morgan fingerprint density at radius 3 is 1.93 bits per heavy atom. The van der Waals surface area contributed by atoms with Crippen molar-refractivity contribution in [2.75, 3.05) is 6.26 Å². The molecule has 7 heteroatoms. The lowest BCUT2D eigenvalue weighted by Crippen LogP contribution is -2.26. The van der Waals surface area contributed by atoms with E-state index in [2.05, 4.69) is 4.98 Å². The van der Waals surface area contributed by atoms with Gasteiger partial charge in [-0.3, -0.25) is 0 Å². The van der Waals surface area contributed by atoms with Gasteiger partial charge in [0, 0.05) is 12.5 Å². The minimum Gasteiger partial charge on any atom is -0.244 e. The Bertz CT molecular complexity index is 1030. The van der Waals surface area contributed by atoms with Gasteiger partial charge in [0.05, 0.1) is 5.56 Å². The fourth-order valence-corrected chi connectivity index (χ4v) is 4.81. The molecule has 1 aromatic carbocycles. The van der Waals surface area contributed by atoms with E-state index in [9.17, 15) is 21.6 Å². The van der Waals surface area contributed by atoms with E-state index >= 15 is 0 Å². The zero-order valence-electron chi connectivity index (χ0n) is 15.4. The molecule has 0 atom stereocenters. The average Bonchev–Trinajstić information content (AvgIpc) is 3.02. The van der Waals surface area contributed by atoms with Gasteiger partial charge in [0.1, 0.15) is 0 Å². The summed E-state index contributed by atoms with van der Waals surface area (Å²) in [5.74, 6) is 0. The van der Waals surface area contributed by atoms with Crippen LogP contribution in [0.3, 0.4) is 0 Å². The second-order valence-corrected chi connectivity index (χ2v) is 9.86. The van der Waals surface area contributed by atoms with Crippen LogP contribution in [0.2, 0.25) is 0 Å². The fourth-order valence-electron chi connectivity index (χ4n) is 4.25. The van der Waals surface area contributed by atoms with E-state index in [1.807, 2.05) is 0 Å². The van der Waals surface area contributed by atoms with Gasteiger partial charge >= 0.3 is 6.18 Å². The molecule has 4 rings (SSSR count). The number of alkyl halides is 3. The van der Waals surface area contributed by atoms with Gasteiger partial charge in [-0.15, -0.1) is 0 Å². The molecule has 0 unspecified atom stereocenters. The number of hydrogen-bond acceptors (Lipinski definition) is 3. The van der Waals surface area contributed by atoms with Crippen molar-refractivity contribution in [2.45, 2.75) is 43.3 Å². The van der Waals surface area contributed by atoms with Crippen LogP contribution in [0.4, 0.5) is 13.2 Å². The van der Waals surface area contributed by atoms with Crippen LogP contribution >= 0.6 is 0 Å². The summed E-state index contributed by atoms with van der Waals surface area (Å²) in [5, 5.41) is 0.0179. The third-order valence-corrected chi connectivity index (χ3v) is 6.91. The van der Waals surface area contributed by atoms with Gasteiger partial charge < -0.3 is 0 Å². The van der Waals surface area contributed by atoms with Crippen LogP contribution in [0.1, 0.15) is 48.8 Å². The number of halogens is 3. The minimum absolute atomic E-state index is 0.0179. The molecule has 1 heterocycles. The first-order valence-electron chi connectivity index (χ1n) is 9.14. The molecule has 0 saturated heterocycles. The number of aromatic nitrogens is 1. The van der Waals surface area contributed by atoms with Crippen LogP contribution in [0.15, 0.2) is 47.6 Å². The van der Waals surface area contributed by atoms with Crippen molar-refractivity contribution in [3.05, 3.63) is 59.3 Å². The summed E-state index contributed by atoms with van der Waals surface area (Å²) in [6.45, 7) is 0. The average molecular weight is 407 g/mol. The summed E-state index contributed by atoms with van der Waals surface area (Å²) in [6.07, 6.45) is 3.38. The lowest BCUT2D eigenvalue weighted by molar-refractivity contribution is -0.137. The van der Waals surface area contributed by atoms with E-state index in [4.69, 9.17) is 0 Å². The standard InChI is InChI=1S/C21H20F3NO2S/c1-28(26,27)19-8-5-15(13-25-19)18-12-20(9-2-10-20)11-17(18)14-3-6-16(7-4-14)21(22,23)24/h3-8,13H,2,9-12H2,1H3. The van der Waals surface area contributed by atoms with Crippen molar-refractivity contribution >= 4 is 21.0 Å². The predicted octanol–water partition coefficient (Wildman–Crippen LogP) is 5.38. The first-order chi connectivity index (χ1) is 13.1. The summed E-state index contributed by atoms with van der Waals surface area (Å²) < 4.78 is 62.0. The van der Waals surface area contributed by atoms with Crippen molar-refractivity contribution in [3.63, 3.8) is 0 Å². The lowest BCUT2D eigenvalue weighted by Gasteiger charge is -2.39. The van der Waals surface area contributed by atoms with Crippen molar-refractivity contribution in [2.24, 2.45) is 5.41 Å². The third-order valence-electron chi connectivity index (χ3n) is 5.91. The lowest BCUT2D eigenvalue weighted by atomic mass is 9.66. The molecule has 0 radical (unpaired) electrons. The van der Waals surface area contributed by atoms with Crippen LogP contribution in [0.25, 0.3) is 11.1 Å². The highest BCUT2D eigenvalue weighted by Gasteiger charge is 2.44. The first-order valence-corrected chi connectivity index (χ1v) is 11.0.